The normalized spacial score (nSPS) is 12.7. The van der Waals surface area contributed by atoms with Crippen molar-refractivity contribution in [3.8, 4) is 22.9 Å². The monoisotopic (exact) mass is 389 g/mol. The van der Waals surface area contributed by atoms with Gasteiger partial charge in [0.1, 0.15) is 24.9 Å². The van der Waals surface area contributed by atoms with Gasteiger partial charge in [-0.05, 0) is 30.3 Å². The average molecular weight is 389 g/mol. The third-order valence-corrected chi connectivity index (χ3v) is 4.63. The molecule has 7 heteroatoms. The van der Waals surface area contributed by atoms with Gasteiger partial charge in [-0.2, -0.15) is 0 Å². The van der Waals surface area contributed by atoms with Crippen molar-refractivity contribution >= 4 is 22.6 Å². The molecule has 1 aromatic heterocycles. The highest BCUT2D eigenvalue weighted by molar-refractivity contribution is 6.04. The molecule has 6 nitrogen and oxygen atoms in total. The van der Waals surface area contributed by atoms with Gasteiger partial charge >= 0.3 is 0 Å². The van der Waals surface area contributed by atoms with E-state index < -0.39 is 5.82 Å². The number of amides is 1. The number of imidazole rings is 1. The Balaban J connectivity index is 1.44. The molecular formula is C22H16FN3O3. The number of H-pyrrole nitrogens is 1. The zero-order chi connectivity index (χ0) is 19.8. The van der Waals surface area contributed by atoms with E-state index in [1.807, 2.05) is 30.3 Å². The summed E-state index contributed by atoms with van der Waals surface area (Å²) < 4.78 is 24.6. The highest BCUT2D eigenvalue weighted by Crippen LogP contribution is 2.35. The van der Waals surface area contributed by atoms with Gasteiger partial charge in [-0.1, -0.05) is 18.2 Å². The summed E-state index contributed by atoms with van der Waals surface area (Å²) in [5.74, 6) is 1.19. The molecule has 2 N–H and O–H groups in total. The number of nitrogens with one attached hydrogen (secondary N) is 2. The zero-order valence-corrected chi connectivity index (χ0v) is 15.2. The quantitative estimate of drug-likeness (QED) is 0.545. The number of rotatable bonds is 3. The maximum absolute atomic E-state index is 13.4. The van der Waals surface area contributed by atoms with Crippen LogP contribution in [0.25, 0.3) is 22.4 Å². The van der Waals surface area contributed by atoms with Gasteiger partial charge in [0.2, 0.25) is 0 Å². The van der Waals surface area contributed by atoms with Crippen LogP contribution in [-0.4, -0.2) is 29.1 Å². The number of anilines is 1. The van der Waals surface area contributed by atoms with E-state index in [9.17, 15) is 9.18 Å². The van der Waals surface area contributed by atoms with Crippen molar-refractivity contribution in [2.24, 2.45) is 0 Å². The second kappa shape index (κ2) is 6.94. The van der Waals surface area contributed by atoms with E-state index in [0.717, 1.165) is 16.6 Å². The lowest BCUT2D eigenvalue weighted by atomic mass is 10.1. The van der Waals surface area contributed by atoms with Gasteiger partial charge in [-0.15, -0.1) is 0 Å². The molecule has 2 heterocycles. The molecule has 4 aromatic rings. The molecule has 0 saturated heterocycles. The van der Waals surface area contributed by atoms with Crippen molar-refractivity contribution < 1.29 is 18.7 Å². The molecule has 0 bridgehead atoms. The molecule has 0 unspecified atom stereocenters. The summed E-state index contributed by atoms with van der Waals surface area (Å²) in [5, 5.41) is 2.79. The van der Waals surface area contributed by atoms with Crippen LogP contribution in [0.15, 0.2) is 60.7 Å². The lowest BCUT2D eigenvalue weighted by Crippen LogP contribution is -2.15. The Labute approximate surface area is 165 Å². The topological polar surface area (TPSA) is 76.2 Å². The van der Waals surface area contributed by atoms with Crippen molar-refractivity contribution in [1.82, 2.24) is 9.97 Å². The second-order valence-corrected chi connectivity index (χ2v) is 6.64. The van der Waals surface area contributed by atoms with Crippen molar-refractivity contribution in [2.45, 2.75) is 0 Å². The first kappa shape index (κ1) is 17.2. The molecule has 0 atom stereocenters. The molecule has 0 radical (unpaired) electrons. The van der Waals surface area contributed by atoms with E-state index in [2.05, 4.69) is 15.3 Å². The SMILES string of the molecule is O=C(Nc1cccc(-c2nc3cc4c(cc3[nH]2)OCCO4)c1)c1cccc(F)c1. The van der Waals surface area contributed by atoms with Crippen LogP contribution < -0.4 is 14.8 Å². The fourth-order valence-electron chi connectivity index (χ4n) is 3.26. The van der Waals surface area contributed by atoms with Gasteiger partial charge < -0.3 is 19.8 Å². The number of fused-ring (bicyclic) bond motifs is 2. The largest absolute Gasteiger partial charge is 0.486 e. The summed E-state index contributed by atoms with van der Waals surface area (Å²) in [6.45, 7) is 1.04. The molecule has 0 spiro atoms. The molecule has 1 amide bonds. The number of halogens is 1. The van der Waals surface area contributed by atoms with Gasteiger partial charge in [-0.3, -0.25) is 4.79 Å². The van der Waals surface area contributed by atoms with E-state index >= 15 is 0 Å². The van der Waals surface area contributed by atoms with E-state index in [4.69, 9.17) is 9.47 Å². The number of aromatic nitrogens is 2. The number of hydrogen-bond acceptors (Lipinski definition) is 4. The van der Waals surface area contributed by atoms with E-state index in [1.54, 1.807) is 12.1 Å². The van der Waals surface area contributed by atoms with Crippen LogP contribution >= 0.6 is 0 Å². The molecule has 0 saturated carbocycles. The summed E-state index contributed by atoms with van der Waals surface area (Å²) in [7, 11) is 0. The highest BCUT2D eigenvalue weighted by atomic mass is 19.1. The summed E-state index contributed by atoms with van der Waals surface area (Å²) in [4.78, 5) is 20.3. The Morgan fingerprint density at radius 2 is 1.79 bits per heavy atom. The molecule has 5 rings (SSSR count). The smallest absolute Gasteiger partial charge is 0.255 e. The molecule has 29 heavy (non-hydrogen) atoms. The van der Waals surface area contributed by atoms with E-state index in [1.165, 1.54) is 18.2 Å². The third-order valence-electron chi connectivity index (χ3n) is 4.63. The number of carbonyl (C=O) groups excluding carboxylic acids is 1. The van der Waals surface area contributed by atoms with Crippen LogP contribution in [-0.2, 0) is 0 Å². The summed E-state index contributed by atoms with van der Waals surface area (Å²) in [6, 6.07) is 16.6. The molecule has 0 fully saturated rings. The molecule has 1 aliphatic heterocycles. The summed E-state index contributed by atoms with van der Waals surface area (Å²) in [6.07, 6.45) is 0. The number of nitrogens with zero attached hydrogens (tertiary/aromatic N) is 1. The van der Waals surface area contributed by atoms with E-state index in [-0.39, 0.29) is 11.5 Å². The predicted octanol–water partition coefficient (Wildman–Crippen LogP) is 4.39. The summed E-state index contributed by atoms with van der Waals surface area (Å²) in [5.41, 5.74) is 3.24. The van der Waals surface area contributed by atoms with Crippen LogP contribution in [0.5, 0.6) is 11.5 Å². The van der Waals surface area contributed by atoms with Gasteiger partial charge in [0.05, 0.1) is 11.0 Å². The Hall–Kier alpha value is -3.87. The lowest BCUT2D eigenvalue weighted by molar-refractivity contribution is 0.102. The molecular weight excluding hydrogens is 373 g/mol. The molecule has 1 aliphatic rings. The number of carbonyl (C=O) groups is 1. The van der Waals surface area contributed by atoms with Crippen molar-refractivity contribution in [1.29, 1.82) is 0 Å². The fourth-order valence-corrected chi connectivity index (χ4v) is 3.26. The predicted molar refractivity (Wildman–Crippen MR) is 107 cm³/mol. The van der Waals surface area contributed by atoms with Gasteiger partial charge in [0.15, 0.2) is 11.5 Å². The minimum absolute atomic E-state index is 0.254. The Morgan fingerprint density at radius 1 is 1.00 bits per heavy atom. The van der Waals surface area contributed by atoms with Crippen molar-refractivity contribution in [3.05, 3.63) is 72.0 Å². The maximum Gasteiger partial charge on any atom is 0.255 e. The van der Waals surface area contributed by atoms with Crippen LogP contribution in [0, 0.1) is 5.82 Å². The van der Waals surface area contributed by atoms with Gasteiger partial charge in [0.25, 0.3) is 5.91 Å². The number of aromatic amines is 1. The van der Waals surface area contributed by atoms with Crippen molar-refractivity contribution in [2.75, 3.05) is 18.5 Å². The Bertz CT molecular complexity index is 1190. The Morgan fingerprint density at radius 3 is 2.62 bits per heavy atom. The Kier molecular flexibility index (Phi) is 4.13. The maximum atomic E-state index is 13.4. The van der Waals surface area contributed by atoms with Crippen LogP contribution in [0.4, 0.5) is 10.1 Å². The van der Waals surface area contributed by atoms with Crippen LogP contribution in [0.1, 0.15) is 10.4 Å². The third kappa shape index (κ3) is 3.38. The minimum Gasteiger partial charge on any atom is -0.486 e. The number of hydrogen-bond donors (Lipinski definition) is 2. The van der Waals surface area contributed by atoms with E-state index in [0.29, 0.717) is 36.2 Å². The first-order valence-corrected chi connectivity index (χ1v) is 9.12. The molecule has 0 aliphatic carbocycles. The van der Waals surface area contributed by atoms with Crippen LogP contribution in [0.3, 0.4) is 0 Å². The highest BCUT2D eigenvalue weighted by Gasteiger charge is 2.16. The van der Waals surface area contributed by atoms with Crippen molar-refractivity contribution in [3.63, 3.8) is 0 Å². The fraction of sp³-hybridized carbons (Fsp3) is 0.0909. The second-order valence-electron chi connectivity index (χ2n) is 6.64. The number of ether oxygens (including phenoxy) is 2. The number of benzene rings is 3. The summed E-state index contributed by atoms with van der Waals surface area (Å²) >= 11 is 0. The van der Waals surface area contributed by atoms with Gasteiger partial charge in [0, 0.05) is 28.9 Å². The lowest BCUT2D eigenvalue weighted by Gasteiger charge is -2.17. The standard InChI is InChI=1S/C22H16FN3O3/c23-15-5-1-4-14(9-15)22(27)24-16-6-2-3-13(10-16)21-25-17-11-19-20(12-18(17)26-21)29-8-7-28-19/h1-6,9-12H,7-8H2,(H,24,27)(H,25,26). The minimum atomic E-state index is -0.454. The average Bonchev–Trinajstić information content (AvgIpc) is 3.15. The molecule has 144 valence electrons. The molecule has 3 aromatic carbocycles. The first-order valence-electron chi connectivity index (χ1n) is 9.12. The van der Waals surface area contributed by atoms with Gasteiger partial charge in [-0.25, -0.2) is 9.37 Å². The van der Waals surface area contributed by atoms with Crippen LogP contribution in [0.2, 0.25) is 0 Å². The first-order chi connectivity index (χ1) is 14.2. The zero-order valence-electron chi connectivity index (χ0n) is 15.2.